The molecule has 1 amide bonds. The minimum Gasteiger partial charge on any atom is -0.325 e. The quantitative estimate of drug-likeness (QED) is 0.786. The number of thiophene rings is 1. The molecule has 2 aromatic heterocycles. The SMILES string of the molecule is Cc1nnc(-c2cccc(NC(=O)C(C)(C)c3cccs3)c2)n1C. The van der Waals surface area contributed by atoms with Crippen LogP contribution in [0.25, 0.3) is 11.4 Å². The zero-order valence-corrected chi connectivity index (χ0v) is 15.0. The van der Waals surface area contributed by atoms with Crippen LogP contribution in [0.2, 0.25) is 0 Å². The fourth-order valence-electron chi connectivity index (χ4n) is 2.43. The molecule has 24 heavy (non-hydrogen) atoms. The number of aryl methyl sites for hydroxylation is 1. The Hall–Kier alpha value is -2.47. The Morgan fingerprint density at radius 2 is 2.00 bits per heavy atom. The Labute approximate surface area is 145 Å². The zero-order valence-electron chi connectivity index (χ0n) is 14.2. The number of amides is 1. The van der Waals surface area contributed by atoms with Crippen molar-refractivity contribution in [2.45, 2.75) is 26.2 Å². The zero-order chi connectivity index (χ0) is 17.3. The Kier molecular flexibility index (Phi) is 4.24. The Balaban J connectivity index is 1.85. The minimum absolute atomic E-state index is 0.0313. The standard InChI is InChI=1S/C18H20N4OS/c1-12-20-21-16(22(12)4)13-7-5-8-14(11-13)19-17(23)18(2,3)15-9-6-10-24-15/h5-11H,1-4H3,(H,19,23). The molecule has 0 saturated carbocycles. The van der Waals surface area contributed by atoms with Gasteiger partial charge in [-0.1, -0.05) is 18.2 Å². The number of aromatic nitrogens is 3. The summed E-state index contributed by atoms with van der Waals surface area (Å²) in [4.78, 5) is 13.8. The lowest BCUT2D eigenvalue weighted by Crippen LogP contribution is -2.33. The van der Waals surface area contributed by atoms with Gasteiger partial charge in [-0.2, -0.15) is 0 Å². The fraction of sp³-hybridized carbons (Fsp3) is 0.278. The molecule has 3 aromatic rings. The molecule has 1 N–H and O–H groups in total. The van der Waals surface area contributed by atoms with Gasteiger partial charge in [0.05, 0.1) is 5.41 Å². The van der Waals surface area contributed by atoms with Crippen LogP contribution in [0.5, 0.6) is 0 Å². The molecule has 0 atom stereocenters. The van der Waals surface area contributed by atoms with Gasteiger partial charge < -0.3 is 9.88 Å². The topological polar surface area (TPSA) is 59.8 Å². The van der Waals surface area contributed by atoms with Crippen molar-refractivity contribution in [1.82, 2.24) is 14.8 Å². The molecule has 2 heterocycles. The highest BCUT2D eigenvalue weighted by Crippen LogP contribution is 2.29. The van der Waals surface area contributed by atoms with E-state index < -0.39 is 5.41 Å². The van der Waals surface area contributed by atoms with E-state index in [9.17, 15) is 4.79 Å². The molecule has 0 unspecified atom stereocenters. The first-order chi connectivity index (χ1) is 11.4. The van der Waals surface area contributed by atoms with Crippen LogP contribution in [0.15, 0.2) is 41.8 Å². The first-order valence-electron chi connectivity index (χ1n) is 7.71. The van der Waals surface area contributed by atoms with Gasteiger partial charge in [0.15, 0.2) is 5.82 Å². The van der Waals surface area contributed by atoms with Crippen LogP contribution < -0.4 is 5.32 Å². The molecule has 3 rings (SSSR count). The maximum absolute atomic E-state index is 12.7. The largest absolute Gasteiger partial charge is 0.325 e. The van der Waals surface area contributed by atoms with Gasteiger partial charge in [-0.3, -0.25) is 4.79 Å². The van der Waals surface area contributed by atoms with Crippen LogP contribution in [0, 0.1) is 6.92 Å². The summed E-state index contributed by atoms with van der Waals surface area (Å²) in [5.74, 6) is 1.59. The summed E-state index contributed by atoms with van der Waals surface area (Å²) < 4.78 is 1.93. The molecule has 0 radical (unpaired) electrons. The minimum atomic E-state index is -0.578. The average molecular weight is 340 g/mol. The van der Waals surface area contributed by atoms with E-state index in [1.807, 2.05) is 74.2 Å². The Morgan fingerprint density at radius 3 is 2.62 bits per heavy atom. The highest BCUT2D eigenvalue weighted by atomic mass is 32.1. The van der Waals surface area contributed by atoms with Gasteiger partial charge in [0.2, 0.25) is 5.91 Å². The van der Waals surface area contributed by atoms with E-state index in [-0.39, 0.29) is 5.91 Å². The summed E-state index contributed by atoms with van der Waals surface area (Å²) in [6.45, 7) is 5.78. The number of nitrogens with one attached hydrogen (secondary N) is 1. The molecule has 0 aliphatic carbocycles. The Bertz CT molecular complexity index is 865. The van der Waals surface area contributed by atoms with E-state index in [1.165, 1.54) is 0 Å². The van der Waals surface area contributed by atoms with Crippen molar-refractivity contribution in [2.75, 3.05) is 5.32 Å². The van der Waals surface area contributed by atoms with E-state index in [1.54, 1.807) is 11.3 Å². The summed E-state index contributed by atoms with van der Waals surface area (Å²) in [5, 5.41) is 13.3. The number of benzene rings is 1. The van der Waals surface area contributed by atoms with Crippen molar-refractivity contribution in [1.29, 1.82) is 0 Å². The van der Waals surface area contributed by atoms with Gasteiger partial charge in [-0.15, -0.1) is 21.5 Å². The first kappa shape index (κ1) is 16.4. The molecule has 0 aliphatic rings. The molecular formula is C18H20N4OS. The fourth-order valence-corrected chi connectivity index (χ4v) is 3.28. The summed E-state index contributed by atoms with van der Waals surface area (Å²) in [5.41, 5.74) is 1.10. The van der Waals surface area contributed by atoms with Crippen LogP contribution in [-0.4, -0.2) is 20.7 Å². The number of hydrogen-bond acceptors (Lipinski definition) is 4. The third-order valence-corrected chi connectivity index (χ3v) is 5.37. The van der Waals surface area contributed by atoms with Gasteiger partial charge in [-0.05, 0) is 44.4 Å². The van der Waals surface area contributed by atoms with E-state index in [0.29, 0.717) is 0 Å². The summed E-state index contributed by atoms with van der Waals surface area (Å²) in [7, 11) is 1.93. The number of hydrogen-bond donors (Lipinski definition) is 1. The van der Waals surface area contributed by atoms with Crippen LogP contribution in [-0.2, 0) is 17.3 Å². The number of carbonyl (C=O) groups excluding carboxylic acids is 1. The normalized spacial score (nSPS) is 11.5. The number of anilines is 1. The molecule has 5 nitrogen and oxygen atoms in total. The summed E-state index contributed by atoms with van der Waals surface area (Å²) >= 11 is 1.59. The second kappa shape index (κ2) is 6.20. The van der Waals surface area contributed by atoms with Gasteiger partial charge in [0, 0.05) is 23.2 Å². The van der Waals surface area contributed by atoms with Crippen molar-refractivity contribution in [3.8, 4) is 11.4 Å². The predicted octanol–water partition coefficient (Wildman–Crippen LogP) is 3.77. The lowest BCUT2D eigenvalue weighted by atomic mass is 9.90. The molecule has 0 aliphatic heterocycles. The van der Waals surface area contributed by atoms with Crippen molar-refractivity contribution in [2.24, 2.45) is 7.05 Å². The number of rotatable bonds is 4. The van der Waals surface area contributed by atoms with E-state index in [4.69, 9.17) is 0 Å². The van der Waals surface area contributed by atoms with E-state index in [0.717, 1.165) is 27.8 Å². The van der Waals surface area contributed by atoms with Crippen LogP contribution in [0.3, 0.4) is 0 Å². The third kappa shape index (κ3) is 2.97. The van der Waals surface area contributed by atoms with Crippen LogP contribution in [0.1, 0.15) is 24.5 Å². The summed E-state index contributed by atoms with van der Waals surface area (Å²) in [6, 6.07) is 11.6. The summed E-state index contributed by atoms with van der Waals surface area (Å²) in [6.07, 6.45) is 0. The lowest BCUT2D eigenvalue weighted by molar-refractivity contribution is -0.120. The van der Waals surface area contributed by atoms with Gasteiger partial charge in [-0.25, -0.2) is 0 Å². The second-order valence-electron chi connectivity index (χ2n) is 6.27. The second-order valence-corrected chi connectivity index (χ2v) is 7.21. The van der Waals surface area contributed by atoms with Crippen molar-refractivity contribution in [3.05, 3.63) is 52.5 Å². The van der Waals surface area contributed by atoms with Crippen LogP contribution >= 0.6 is 11.3 Å². The monoisotopic (exact) mass is 340 g/mol. The maximum Gasteiger partial charge on any atom is 0.235 e. The highest BCUT2D eigenvalue weighted by molar-refractivity contribution is 7.10. The molecule has 0 bridgehead atoms. The molecule has 124 valence electrons. The Morgan fingerprint density at radius 1 is 1.21 bits per heavy atom. The number of nitrogens with zero attached hydrogens (tertiary/aromatic N) is 3. The molecule has 1 aromatic carbocycles. The van der Waals surface area contributed by atoms with E-state index in [2.05, 4.69) is 15.5 Å². The van der Waals surface area contributed by atoms with Crippen molar-refractivity contribution < 1.29 is 4.79 Å². The third-order valence-electron chi connectivity index (χ3n) is 4.18. The highest BCUT2D eigenvalue weighted by Gasteiger charge is 2.30. The maximum atomic E-state index is 12.7. The molecular weight excluding hydrogens is 320 g/mol. The van der Waals surface area contributed by atoms with E-state index >= 15 is 0 Å². The smallest absolute Gasteiger partial charge is 0.235 e. The predicted molar refractivity (Wildman–Crippen MR) is 97.2 cm³/mol. The van der Waals surface area contributed by atoms with Crippen molar-refractivity contribution >= 4 is 22.9 Å². The van der Waals surface area contributed by atoms with Gasteiger partial charge >= 0.3 is 0 Å². The van der Waals surface area contributed by atoms with Gasteiger partial charge in [0.25, 0.3) is 0 Å². The molecule has 0 spiro atoms. The van der Waals surface area contributed by atoms with Crippen molar-refractivity contribution in [3.63, 3.8) is 0 Å². The molecule has 6 heteroatoms. The molecule has 0 saturated heterocycles. The lowest BCUT2D eigenvalue weighted by Gasteiger charge is -2.22. The average Bonchev–Trinajstić information content (AvgIpc) is 3.19. The number of carbonyl (C=O) groups is 1. The first-order valence-corrected chi connectivity index (χ1v) is 8.59. The molecule has 0 fully saturated rings. The van der Waals surface area contributed by atoms with Crippen LogP contribution in [0.4, 0.5) is 5.69 Å². The van der Waals surface area contributed by atoms with Gasteiger partial charge in [0.1, 0.15) is 5.82 Å².